The summed E-state index contributed by atoms with van der Waals surface area (Å²) in [5.74, 6) is 0.774. The van der Waals surface area contributed by atoms with E-state index >= 15 is 0 Å². The van der Waals surface area contributed by atoms with Crippen LogP contribution in [0, 0.1) is 12.8 Å². The molecular formula is C16H18OS. The zero-order valence-corrected chi connectivity index (χ0v) is 11.8. The molecule has 94 valence electrons. The fourth-order valence-electron chi connectivity index (χ4n) is 2.86. The van der Waals surface area contributed by atoms with E-state index in [1.165, 1.54) is 23.3 Å². The van der Waals surface area contributed by atoms with E-state index in [9.17, 15) is 4.79 Å². The van der Waals surface area contributed by atoms with E-state index in [1.54, 1.807) is 0 Å². The molecule has 0 saturated carbocycles. The summed E-state index contributed by atoms with van der Waals surface area (Å²) in [5, 5.41) is 0.916. The molecular weight excluding hydrogens is 240 g/mol. The molecule has 18 heavy (non-hydrogen) atoms. The highest BCUT2D eigenvalue weighted by Crippen LogP contribution is 2.32. The molecule has 1 aromatic heterocycles. The molecule has 0 radical (unpaired) electrons. The topological polar surface area (TPSA) is 17.1 Å². The Balaban J connectivity index is 2.23. The predicted octanol–water partition coefficient (Wildman–Crippen LogP) is 4.08. The molecule has 0 bridgehead atoms. The molecule has 1 atom stereocenters. The summed E-state index contributed by atoms with van der Waals surface area (Å²) in [6.45, 7) is 4.34. The van der Waals surface area contributed by atoms with Crippen LogP contribution in [0.2, 0.25) is 0 Å². The Bertz CT molecular complexity index is 654. The molecule has 0 amide bonds. The first-order valence-electron chi connectivity index (χ1n) is 6.74. The van der Waals surface area contributed by atoms with Crippen LogP contribution in [0.3, 0.4) is 0 Å². The van der Waals surface area contributed by atoms with Gasteiger partial charge < -0.3 is 0 Å². The van der Waals surface area contributed by atoms with Crippen LogP contribution in [0.1, 0.15) is 35.8 Å². The van der Waals surface area contributed by atoms with E-state index in [-0.39, 0.29) is 5.43 Å². The highest BCUT2D eigenvalue weighted by molar-refractivity contribution is 7.18. The summed E-state index contributed by atoms with van der Waals surface area (Å²) < 4.78 is 1.16. The molecule has 1 aliphatic rings. The Morgan fingerprint density at radius 2 is 2.22 bits per heavy atom. The van der Waals surface area contributed by atoms with Gasteiger partial charge in [0.25, 0.3) is 0 Å². The predicted molar refractivity (Wildman–Crippen MR) is 78.6 cm³/mol. The third-order valence-corrected chi connectivity index (χ3v) is 5.30. The first kappa shape index (κ1) is 11.9. The van der Waals surface area contributed by atoms with Gasteiger partial charge in [-0.3, -0.25) is 4.79 Å². The van der Waals surface area contributed by atoms with Gasteiger partial charge in [0.05, 0.1) is 0 Å². The molecule has 1 aromatic carbocycles. The molecule has 0 saturated heterocycles. The average Bonchev–Trinajstić information content (AvgIpc) is 2.38. The maximum absolute atomic E-state index is 12.5. The van der Waals surface area contributed by atoms with Crippen molar-refractivity contribution in [2.45, 2.75) is 39.5 Å². The molecule has 0 spiro atoms. The highest BCUT2D eigenvalue weighted by Gasteiger charge is 2.21. The Morgan fingerprint density at radius 1 is 1.39 bits per heavy atom. The van der Waals surface area contributed by atoms with Gasteiger partial charge in [0.1, 0.15) is 0 Å². The Kier molecular flexibility index (Phi) is 2.98. The molecule has 0 aliphatic heterocycles. The van der Waals surface area contributed by atoms with Gasteiger partial charge in [0.2, 0.25) is 0 Å². The maximum atomic E-state index is 12.5. The second kappa shape index (κ2) is 4.51. The van der Waals surface area contributed by atoms with Crippen molar-refractivity contribution in [2.75, 3.05) is 0 Å². The minimum Gasteiger partial charge on any atom is -0.289 e. The summed E-state index contributed by atoms with van der Waals surface area (Å²) in [6.07, 6.45) is 4.50. The van der Waals surface area contributed by atoms with Crippen molar-refractivity contribution in [3.63, 3.8) is 0 Å². The maximum Gasteiger partial charge on any atom is 0.191 e. The van der Waals surface area contributed by atoms with Gasteiger partial charge in [-0.25, -0.2) is 0 Å². The quantitative estimate of drug-likeness (QED) is 0.753. The minimum atomic E-state index is 0.285. The number of hydrogen-bond acceptors (Lipinski definition) is 2. The minimum absolute atomic E-state index is 0.285. The van der Waals surface area contributed by atoms with E-state index in [4.69, 9.17) is 0 Å². The van der Waals surface area contributed by atoms with Gasteiger partial charge in [-0.05, 0) is 49.8 Å². The van der Waals surface area contributed by atoms with E-state index in [0.29, 0.717) is 0 Å². The summed E-state index contributed by atoms with van der Waals surface area (Å²) in [7, 11) is 0. The first-order valence-corrected chi connectivity index (χ1v) is 7.56. The highest BCUT2D eigenvalue weighted by atomic mass is 32.1. The van der Waals surface area contributed by atoms with Gasteiger partial charge in [-0.1, -0.05) is 19.4 Å². The van der Waals surface area contributed by atoms with E-state index < -0.39 is 0 Å². The van der Waals surface area contributed by atoms with E-state index in [0.717, 1.165) is 34.4 Å². The molecule has 1 heterocycles. The Labute approximate surface area is 111 Å². The van der Waals surface area contributed by atoms with Gasteiger partial charge in [0, 0.05) is 20.5 Å². The van der Waals surface area contributed by atoms with Gasteiger partial charge in [-0.2, -0.15) is 0 Å². The third-order valence-electron chi connectivity index (χ3n) is 4.08. The number of hydrogen-bond donors (Lipinski definition) is 0. The zero-order valence-electron chi connectivity index (χ0n) is 11.0. The molecule has 2 heteroatoms. The smallest absolute Gasteiger partial charge is 0.191 e. The number of benzene rings is 1. The van der Waals surface area contributed by atoms with Crippen LogP contribution < -0.4 is 5.43 Å². The number of aryl methyl sites for hydroxylation is 1. The standard InChI is InChI=1S/C16H18OS/c1-3-11-5-7-13-15(9-11)18-14-8-10(2)4-6-12(14)16(13)17/h4,6,8,11H,3,5,7,9H2,1-2H3. The van der Waals surface area contributed by atoms with Gasteiger partial charge >= 0.3 is 0 Å². The molecule has 0 N–H and O–H groups in total. The lowest BCUT2D eigenvalue weighted by Gasteiger charge is -2.22. The van der Waals surface area contributed by atoms with Crippen molar-refractivity contribution in [3.05, 3.63) is 44.4 Å². The molecule has 3 rings (SSSR count). The van der Waals surface area contributed by atoms with Crippen LogP contribution in [0.25, 0.3) is 10.1 Å². The van der Waals surface area contributed by atoms with Crippen molar-refractivity contribution in [1.29, 1.82) is 0 Å². The number of fused-ring (bicyclic) bond motifs is 2. The summed E-state index contributed by atoms with van der Waals surface area (Å²) >= 11 is 1.84. The van der Waals surface area contributed by atoms with Crippen molar-refractivity contribution >= 4 is 21.4 Å². The number of rotatable bonds is 1. The summed E-state index contributed by atoms with van der Waals surface area (Å²) in [5.41, 5.74) is 2.62. The fraction of sp³-hybridized carbons (Fsp3) is 0.438. The van der Waals surface area contributed by atoms with E-state index in [1.807, 2.05) is 23.5 Å². The van der Waals surface area contributed by atoms with Crippen LogP contribution in [0.5, 0.6) is 0 Å². The second-order valence-corrected chi connectivity index (χ2v) is 6.49. The molecule has 2 aromatic rings. The van der Waals surface area contributed by atoms with Crippen LogP contribution in [0.4, 0.5) is 0 Å². The van der Waals surface area contributed by atoms with Crippen molar-refractivity contribution < 1.29 is 0 Å². The molecule has 1 aliphatic carbocycles. The molecule has 0 fully saturated rings. The second-order valence-electron chi connectivity index (χ2n) is 5.35. The summed E-state index contributed by atoms with van der Waals surface area (Å²) in [6, 6.07) is 6.19. The molecule has 1 unspecified atom stereocenters. The zero-order chi connectivity index (χ0) is 12.7. The first-order chi connectivity index (χ1) is 8.69. The normalized spacial score (nSPS) is 18.9. The van der Waals surface area contributed by atoms with Crippen molar-refractivity contribution in [3.8, 4) is 0 Å². The molecule has 1 nitrogen and oxygen atoms in total. The Morgan fingerprint density at radius 3 is 3.00 bits per heavy atom. The lowest BCUT2D eigenvalue weighted by atomic mass is 9.87. The van der Waals surface area contributed by atoms with Gasteiger partial charge in [0.15, 0.2) is 5.43 Å². The van der Waals surface area contributed by atoms with Gasteiger partial charge in [-0.15, -0.1) is 11.3 Å². The lowest BCUT2D eigenvalue weighted by molar-refractivity contribution is 0.448. The SMILES string of the molecule is CCC1CCc2c(sc3cc(C)ccc3c2=O)C1. The summed E-state index contributed by atoms with van der Waals surface area (Å²) in [4.78, 5) is 13.8. The van der Waals surface area contributed by atoms with Crippen LogP contribution in [-0.2, 0) is 12.8 Å². The monoisotopic (exact) mass is 258 g/mol. The van der Waals surface area contributed by atoms with Crippen LogP contribution in [-0.4, -0.2) is 0 Å². The van der Waals surface area contributed by atoms with Crippen LogP contribution in [0.15, 0.2) is 23.0 Å². The fourth-order valence-corrected chi connectivity index (χ4v) is 4.28. The third kappa shape index (κ3) is 1.89. The largest absolute Gasteiger partial charge is 0.289 e. The lowest BCUT2D eigenvalue weighted by Crippen LogP contribution is -2.20. The van der Waals surface area contributed by atoms with Crippen molar-refractivity contribution in [2.24, 2.45) is 5.92 Å². The average molecular weight is 258 g/mol. The van der Waals surface area contributed by atoms with E-state index in [2.05, 4.69) is 19.9 Å². The van der Waals surface area contributed by atoms with Crippen molar-refractivity contribution in [1.82, 2.24) is 0 Å². The van der Waals surface area contributed by atoms with Crippen LogP contribution >= 0.6 is 11.3 Å². The Hall–Kier alpha value is -1.15.